The summed E-state index contributed by atoms with van der Waals surface area (Å²) < 4.78 is 19.1. The van der Waals surface area contributed by atoms with E-state index in [2.05, 4.69) is 0 Å². The van der Waals surface area contributed by atoms with Crippen LogP contribution in [0.4, 0.5) is 4.39 Å². The molecule has 0 spiro atoms. The molecule has 4 heteroatoms. The van der Waals surface area contributed by atoms with Gasteiger partial charge in [-0.3, -0.25) is 0 Å². The first-order valence-electron chi connectivity index (χ1n) is 5.57. The first kappa shape index (κ1) is 12.9. The molecule has 0 heterocycles. The Morgan fingerprint density at radius 2 is 1.78 bits per heavy atom. The highest BCUT2D eigenvalue weighted by Gasteiger charge is 2.13. The van der Waals surface area contributed by atoms with Gasteiger partial charge in [0.2, 0.25) is 0 Å². The Labute approximate surface area is 110 Å². The lowest BCUT2D eigenvalue weighted by Crippen LogP contribution is -2.18. The zero-order valence-corrected chi connectivity index (χ0v) is 10.4. The Bertz CT molecular complexity index is 515. The molecule has 2 aromatic rings. The van der Waals surface area contributed by atoms with Crippen molar-refractivity contribution in [1.82, 2.24) is 0 Å². The summed E-state index contributed by atoms with van der Waals surface area (Å²) in [5, 5.41) is 0.639. The number of para-hydroxylation sites is 1. The molecule has 0 aliphatic carbocycles. The van der Waals surface area contributed by atoms with Crippen LogP contribution in [0.2, 0.25) is 5.02 Å². The van der Waals surface area contributed by atoms with E-state index in [4.69, 9.17) is 22.1 Å². The van der Waals surface area contributed by atoms with Crippen molar-refractivity contribution >= 4 is 11.6 Å². The molecule has 2 aromatic carbocycles. The molecule has 18 heavy (non-hydrogen) atoms. The number of hydrogen-bond acceptors (Lipinski definition) is 2. The van der Waals surface area contributed by atoms with Crippen molar-refractivity contribution in [3.05, 3.63) is 64.9 Å². The van der Waals surface area contributed by atoms with Crippen LogP contribution in [-0.4, -0.2) is 6.54 Å². The van der Waals surface area contributed by atoms with E-state index in [0.717, 1.165) is 5.56 Å². The largest absolute Gasteiger partial charge is 0.481 e. The fourth-order valence-corrected chi connectivity index (χ4v) is 1.75. The average Bonchev–Trinajstić information content (AvgIpc) is 2.39. The van der Waals surface area contributed by atoms with E-state index >= 15 is 0 Å². The highest BCUT2D eigenvalue weighted by Crippen LogP contribution is 2.24. The molecule has 0 saturated heterocycles. The number of nitrogens with two attached hydrogens (primary N) is 1. The lowest BCUT2D eigenvalue weighted by molar-refractivity contribution is 0.204. The maximum Gasteiger partial charge on any atom is 0.165 e. The van der Waals surface area contributed by atoms with Gasteiger partial charge in [0, 0.05) is 11.6 Å². The van der Waals surface area contributed by atoms with E-state index in [1.165, 1.54) is 6.07 Å². The normalized spacial score (nSPS) is 12.2. The quantitative estimate of drug-likeness (QED) is 0.917. The maximum absolute atomic E-state index is 13.5. The predicted molar refractivity (Wildman–Crippen MR) is 70.3 cm³/mol. The summed E-state index contributed by atoms with van der Waals surface area (Å²) in [4.78, 5) is 0. The van der Waals surface area contributed by atoms with Crippen LogP contribution >= 0.6 is 11.6 Å². The van der Waals surface area contributed by atoms with Gasteiger partial charge in [0.05, 0.1) is 0 Å². The fraction of sp³-hybridized carbons (Fsp3) is 0.143. The smallest absolute Gasteiger partial charge is 0.165 e. The second-order valence-electron chi connectivity index (χ2n) is 3.82. The van der Waals surface area contributed by atoms with Gasteiger partial charge in [-0.15, -0.1) is 0 Å². The summed E-state index contributed by atoms with van der Waals surface area (Å²) in [6.45, 7) is 0.260. The van der Waals surface area contributed by atoms with Crippen LogP contribution in [-0.2, 0) is 0 Å². The van der Waals surface area contributed by atoms with Crippen LogP contribution < -0.4 is 10.5 Å². The predicted octanol–water partition coefficient (Wildman–Crippen LogP) is 3.56. The molecule has 0 aliphatic rings. The molecule has 0 aromatic heterocycles. The van der Waals surface area contributed by atoms with Gasteiger partial charge in [-0.05, 0) is 29.8 Å². The third-order valence-electron chi connectivity index (χ3n) is 2.56. The molecule has 2 N–H and O–H groups in total. The maximum atomic E-state index is 13.5. The Balaban J connectivity index is 2.20. The van der Waals surface area contributed by atoms with Gasteiger partial charge < -0.3 is 10.5 Å². The lowest BCUT2D eigenvalue weighted by atomic mass is 10.1. The van der Waals surface area contributed by atoms with Crippen molar-refractivity contribution in [3.63, 3.8) is 0 Å². The molecule has 1 atom stereocenters. The number of rotatable bonds is 4. The van der Waals surface area contributed by atoms with E-state index in [0.29, 0.717) is 5.02 Å². The number of benzene rings is 2. The minimum Gasteiger partial charge on any atom is -0.481 e. The zero-order valence-electron chi connectivity index (χ0n) is 9.64. The Kier molecular flexibility index (Phi) is 4.18. The zero-order chi connectivity index (χ0) is 13.0. The SMILES string of the molecule is NCC(Oc1ccccc1F)c1ccc(Cl)cc1. The highest BCUT2D eigenvalue weighted by atomic mass is 35.5. The molecule has 0 radical (unpaired) electrons. The summed E-state index contributed by atoms with van der Waals surface area (Å²) in [6.07, 6.45) is -0.390. The second kappa shape index (κ2) is 5.85. The van der Waals surface area contributed by atoms with Gasteiger partial charge in [0.1, 0.15) is 6.10 Å². The molecule has 94 valence electrons. The van der Waals surface area contributed by atoms with E-state index in [1.54, 1.807) is 30.3 Å². The van der Waals surface area contributed by atoms with Gasteiger partial charge in [-0.25, -0.2) is 4.39 Å². The highest BCUT2D eigenvalue weighted by molar-refractivity contribution is 6.30. The molecular weight excluding hydrogens is 253 g/mol. The fourth-order valence-electron chi connectivity index (χ4n) is 1.62. The summed E-state index contributed by atoms with van der Waals surface area (Å²) in [6, 6.07) is 13.4. The summed E-state index contributed by atoms with van der Waals surface area (Å²) in [5.74, 6) is -0.201. The van der Waals surface area contributed by atoms with Gasteiger partial charge in [-0.2, -0.15) is 0 Å². The molecule has 0 fully saturated rings. The van der Waals surface area contributed by atoms with E-state index in [-0.39, 0.29) is 18.4 Å². The lowest BCUT2D eigenvalue weighted by Gasteiger charge is -2.18. The molecule has 2 nitrogen and oxygen atoms in total. The molecular formula is C14H13ClFNO. The molecule has 0 aliphatic heterocycles. The van der Waals surface area contributed by atoms with E-state index in [1.807, 2.05) is 12.1 Å². The summed E-state index contributed by atoms with van der Waals surface area (Å²) in [7, 11) is 0. The summed E-state index contributed by atoms with van der Waals surface area (Å²) >= 11 is 5.81. The van der Waals surface area contributed by atoms with Crippen LogP contribution in [0.5, 0.6) is 5.75 Å². The van der Waals surface area contributed by atoms with Crippen LogP contribution in [0.25, 0.3) is 0 Å². The van der Waals surface area contributed by atoms with Gasteiger partial charge in [0.15, 0.2) is 11.6 Å². The van der Waals surface area contributed by atoms with Gasteiger partial charge in [-0.1, -0.05) is 35.9 Å². The molecule has 0 amide bonds. The number of ether oxygens (including phenoxy) is 1. The van der Waals surface area contributed by atoms with Crippen molar-refractivity contribution in [2.24, 2.45) is 5.73 Å². The number of hydrogen-bond donors (Lipinski definition) is 1. The third-order valence-corrected chi connectivity index (χ3v) is 2.81. The molecule has 0 bridgehead atoms. The van der Waals surface area contributed by atoms with Crippen molar-refractivity contribution in [1.29, 1.82) is 0 Å². The molecule has 2 rings (SSSR count). The van der Waals surface area contributed by atoms with Crippen LogP contribution in [0.3, 0.4) is 0 Å². The summed E-state index contributed by atoms with van der Waals surface area (Å²) in [5.41, 5.74) is 6.53. The third kappa shape index (κ3) is 3.00. The number of halogens is 2. The van der Waals surface area contributed by atoms with Crippen LogP contribution in [0.1, 0.15) is 11.7 Å². The van der Waals surface area contributed by atoms with Crippen molar-refractivity contribution in [2.75, 3.05) is 6.54 Å². The van der Waals surface area contributed by atoms with Crippen LogP contribution in [0, 0.1) is 5.82 Å². The molecule has 1 unspecified atom stereocenters. The van der Waals surface area contributed by atoms with Gasteiger partial charge >= 0.3 is 0 Å². The Hall–Kier alpha value is -1.58. The van der Waals surface area contributed by atoms with Crippen molar-refractivity contribution in [3.8, 4) is 5.75 Å². The first-order valence-corrected chi connectivity index (χ1v) is 5.95. The average molecular weight is 266 g/mol. The minimum atomic E-state index is -0.398. The van der Waals surface area contributed by atoms with E-state index < -0.39 is 5.82 Å². The Morgan fingerprint density at radius 3 is 2.39 bits per heavy atom. The standard InChI is InChI=1S/C14H13ClFNO/c15-11-7-5-10(6-8-11)14(9-17)18-13-4-2-1-3-12(13)16/h1-8,14H,9,17H2. The Morgan fingerprint density at radius 1 is 1.11 bits per heavy atom. The first-order chi connectivity index (χ1) is 8.70. The van der Waals surface area contributed by atoms with Crippen molar-refractivity contribution < 1.29 is 9.13 Å². The van der Waals surface area contributed by atoms with Gasteiger partial charge in [0.25, 0.3) is 0 Å². The molecule has 0 saturated carbocycles. The second-order valence-corrected chi connectivity index (χ2v) is 4.26. The monoisotopic (exact) mass is 265 g/mol. The van der Waals surface area contributed by atoms with Crippen LogP contribution in [0.15, 0.2) is 48.5 Å². The topological polar surface area (TPSA) is 35.2 Å². The van der Waals surface area contributed by atoms with E-state index in [9.17, 15) is 4.39 Å². The minimum absolute atomic E-state index is 0.197. The van der Waals surface area contributed by atoms with Crippen molar-refractivity contribution in [2.45, 2.75) is 6.10 Å².